The monoisotopic (exact) mass is 297 g/mol. The van der Waals surface area contributed by atoms with Gasteiger partial charge in [0.05, 0.1) is 18.9 Å². The van der Waals surface area contributed by atoms with E-state index in [0.29, 0.717) is 6.54 Å². The van der Waals surface area contributed by atoms with Crippen LogP contribution in [0.1, 0.15) is 19.8 Å². The first-order valence-corrected chi connectivity index (χ1v) is 6.89. The second-order valence-electron chi connectivity index (χ2n) is 4.59. The highest BCUT2D eigenvalue weighted by atomic mass is 16.5. The Bertz CT molecular complexity index is 484. The summed E-state index contributed by atoms with van der Waals surface area (Å²) in [6.45, 7) is 3.26. The quantitative estimate of drug-likeness (QED) is 0.773. The van der Waals surface area contributed by atoms with Gasteiger partial charge in [0.25, 0.3) is 0 Å². The first-order chi connectivity index (χ1) is 10.2. The maximum Gasteiger partial charge on any atom is 0.412 e. The van der Waals surface area contributed by atoms with Gasteiger partial charge in [-0.2, -0.15) is 0 Å². The standard InChI is InChI=1S/C12H19N5O4/c1-2-20-12(19)14-10-7-17(16-15-10)8-11(18)13-6-9-4-3-5-21-9/h7,9H,2-6,8H2,1H3,(H,13,18)(H,14,19). The normalized spacial score (nSPS) is 17.5. The van der Waals surface area contributed by atoms with E-state index in [1.54, 1.807) is 6.92 Å². The molecule has 0 radical (unpaired) electrons. The second-order valence-corrected chi connectivity index (χ2v) is 4.59. The van der Waals surface area contributed by atoms with Crippen LogP contribution >= 0.6 is 0 Å². The molecule has 1 aromatic heterocycles. The zero-order chi connectivity index (χ0) is 15.1. The van der Waals surface area contributed by atoms with E-state index in [0.717, 1.165) is 19.4 Å². The molecular formula is C12H19N5O4. The van der Waals surface area contributed by atoms with Crippen molar-refractivity contribution in [2.45, 2.75) is 32.4 Å². The van der Waals surface area contributed by atoms with E-state index < -0.39 is 6.09 Å². The summed E-state index contributed by atoms with van der Waals surface area (Å²) in [5.41, 5.74) is 0. The van der Waals surface area contributed by atoms with Crippen molar-refractivity contribution in [1.82, 2.24) is 20.3 Å². The fourth-order valence-corrected chi connectivity index (χ4v) is 1.94. The summed E-state index contributed by atoms with van der Waals surface area (Å²) in [6, 6.07) is 0. The lowest BCUT2D eigenvalue weighted by molar-refractivity contribution is -0.122. The minimum absolute atomic E-state index is 0.0320. The minimum atomic E-state index is -0.604. The molecule has 2 N–H and O–H groups in total. The van der Waals surface area contributed by atoms with Crippen LogP contribution in [0, 0.1) is 0 Å². The number of anilines is 1. The fourth-order valence-electron chi connectivity index (χ4n) is 1.94. The third-order valence-corrected chi connectivity index (χ3v) is 2.90. The Kier molecular flexibility index (Phi) is 5.50. The molecule has 0 saturated carbocycles. The first-order valence-electron chi connectivity index (χ1n) is 6.89. The number of nitrogens with zero attached hydrogens (tertiary/aromatic N) is 3. The third kappa shape index (κ3) is 5.03. The van der Waals surface area contributed by atoms with Crippen LogP contribution in [0.4, 0.5) is 10.6 Å². The molecule has 2 heterocycles. The number of ether oxygens (including phenoxy) is 2. The lowest BCUT2D eigenvalue weighted by Crippen LogP contribution is -2.34. The molecule has 1 saturated heterocycles. The number of carbonyl (C=O) groups excluding carboxylic acids is 2. The molecule has 1 aliphatic heterocycles. The van der Waals surface area contributed by atoms with Gasteiger partial charge in [-0.3, -0.25) is 10.1 Å². The second kappa shape index (κ2) is 7.58. The van der Waals surface area contributed by atoms with E-state index >= 15 is 0 Å². The molecule has 9 heteroatoms. The van der Waals surface area contributed by atoms with Crippen molar-refractivity contribution >= 4 is 17.8 Å². The minimum Gasteiger partial charge on any atom is -0.450 e. The van der Waals surface area contributed by atoms with Crippen LogP contribution in [0.2, 0.25) is 0 Å². The lowest BCUT2D eigenvalue weighted by atomic mass is 10.2. The molecule has 21 heavy (non-hydrogen) atoms. The van der Waals surface area contributed by atoms with Crippen LogP contribution in [0.25, 0.3) is 0 Å². The summed E-state index contributed by atoms with van der Waals surface area (Å²) in [5, 5.41) is 12.7. The van der Waals surface area contributed by atoms with Crippen molar-refractivity contribution in [3.05, 3.63) is 6.20 Å². The number of hydrogen-bond acceptors (Lipinski definition) is 6. The predicted molar refractivity (Wildman–Crippen MR) is 72.7 cm³/mol. The molecule has 1 unspecified atom stereocenters. The maximum atomic E-state index is 11.7. The largest absolute Gasteiger partial charge is 0.450 e. The van der Waals surface area contributed by atoms with E-state index in [9.17, 15) is 9.59 Å². The lowest BCUT2D eigenvalue weighted by Gasteiger charge is -2.10. The Morgan fingerprint density at radius 2 is 2.43 bits per heavy atom. The Balaban J connectivity index is 1.73. The Labute approximate surface area is 122 Å². The molecular weight excluding hydrogens is 278 g/mol. The van der Waals surface area contributed by atoms with Gasteiger partial charge in [0, 0.05) is 13.2 Å². The molecule has 1 fully saturated rings. The highest BCUT2D eigenvalue weighted by Crippen LogP contribution is 2.10. The molecule has 2 rings (SSSR count). The van der Waals surface area contributed by atoms with Crippen molar-refractivity contribution in [3.8, 4) is 0 Å². The van der Waals surface area contributed by atoms with E-state index in [1.807, 2.05) is 0 Å². The van der Waals surface area contributed by atoms with Gasteiger partial charge in [0.1, 0.15) is 6.54 Å². The highest BCUT2D eigenvalue weighted by molar-refractivity contribution is 5.83. The number of rotatable bonds is 6. The average Bonchev–Trinajstić information content (AvgIpc) is 3.08. The number of amides is 2. The molecule has 9 nitrogen and oxygen atoms in total. The number of hydrogen-bond donors (Lipinski definition) is 2. The molecule has 0 aliphatic carbocycles. The smallest absolute Gasteiger partial charge is 0.412 e. The zero-order valence-corrected chi connectivity index (χ0v) is 11.9. The van der Waals surface area contributed by atoms with Gasteiger partial charge in [-0.1, -0.05) is 5.21 Å². The SMILES string of the molecule is CCOC(=O)Nc1cn(CC(=O)NCC2CCCO2)nn1. The van der Waals surface area contributed by atoms with E-state index in [-0.39, 0.29) is 31.0 Å². The topological polar surface area (TPSA) is 107 Å². The third-order valence-electron chi connectivity index (χ3n) is 2.90. The van der Waals surface area contributed by atoms with E-state index in [1.165, 1.54) is 10.9 Å². The summed E-state index contributed by atoms with van der Waals surface area (Å²) in [7, 11) is 0. The van der Waals surface area contributed by atoms with Crippen LogP contribution in [0.3, 0.4) is 0 Å². The van der Waals surface area contributed by atoms with Crippen molar-refractivity contribution in [2.75, 3.05) is 25.1 Å². The van der Waals surface area contributed by atoms with Crippen molar-refractivity contribution in [3.63, 3.8) is 0 Å². The zero-order valence-electron chi connectivity index (χ0n) is 11.9. The van der Waals surface area contributed by atoms with Gasteiger partial charge in [-0.05, 0) is 19.8 Å². The summed E-state index contributed by atoms with van der Waals surface area (Å²) in [4.78, 5) is 22.9. The van der Waals surface area contributed by atoms with Crippen molar-refractivity contribution < 1.29 is 19.1 Å². The molecule has 0 spiro atoms. The van der Waals surface area contributed by atoms with Crippen LogP contribution in [-0.4, -0.2) is 52.9 Å². The molecule has 0 bridgehead atoms. The van der Waals surface area contributed by atoms with E-state index in [4.69, 9.17) is 9.47 Å². The van der Waals surface area contributed by atoms with Crippen LogP contribution in [0.5, 0.6) is 0 Å². The Morgan fingerprint density at radius 1 is 1.57 bits per heavy atom. The number of carbonyl (C=O) groups is 2. The summed E-state index contributed by atoms with van der Waals surface area (Å²) in [6.07, 6.45) is 2.96. The van der Waals surface area contributed by atoms with Crippen LogP contribution < -0.4 is 10.6 Å². The molecule has 1 aromatic rings. The summed E-state index contributed by atoms with van der Waals surface area (Å²) in [5.74, 6) is 0.0541. The maximum absolute atomic E-state index is 11.7. The summed E-state index contributed by atoms with van der Waals surface area (Å²) < 4.78 is 11.5. The summed E-state index contributed by atoms with van der Waals surface area (Å²) >= 11 is 0. The van der Waals surface area contributed by atoms with Crippen molar-refractivity contribution in [2.24, 2.45) is 0 Å². The Hall–Kier alpha value is -2.16. The van der Waals surface area contributed by atoms with Crippen LogP contribution in [0.15, 0.2) is 6.20 Å². The number of nitrogens with one attached hydrogen (secondary N) is 2. The van der Waals surface area contributed by atoms with Gasteiger partial charge in [0.2, 0.25) is 5.91 Å². The first kappa shape index (κ1) is 15.2. The number of aromatic nitrogens is 3. The molecule has 116 valence electrons. The molecule has 0 aromatic carbocycles. The van der Waals surface area contributed by atoms with Crippen molar-refractivity contribution in [1.29, 1.82) is 0 Å². The van der Waals surface area contributed by atoms with Gasteiger partial charge in [-0.15, -0.1) is 5.10 Å². The van der Waals surface area contributed by atoms with Gasteiger partial charge < -0.3 is 14.8 Å². The highest BCUT2D eigenvalue weighted by Gasteiger charge is 2.16. The van der Waals surface area contributed by atoms with E-state index in [2.05, 4.69) is 20.9 Å². The molecule has 1 atom stereocenters. The molecule has 2 amide bonds. The molecule has 1 aliphatic rings. The Morgan fingerprint density at radius 3 is 3.14 bits per heavy atom. The van der Waals surface area contributed by atoms with Crippen LogP contribution in [-0.2, 0) is 20.8 Å². The fraction of sp³-hybridized carbons (Fsp3) is 0.667. The van der Waals surface area contributed by atoms with Gasteiger partial charge in [0.15, 0.2) is 5.82 Å². The van der Waals surface area contributed by atoms with Gasteiger partial charge in [-0.25, -0.2) is 9.48 Å². The average molecular weight is 297 g/mol. The van der Waals surface area contributed by atoms with Gasteiger partial charge >= 0.3 is 6.09 Å². The predicted octanol–water partition coefficient (Wildman–Crippen LogP) is 0.142.